The number of aryl methyl sites for hydroxylation is 1. The standard InChI is InChI=1S/C22H23N3O2/c1-15-8-9-19-18(12-15)13-20(23-19)22(27)24-10-11-25(16(2)14-24)21(26)17-6-4-3-5-7-17/h3-9,12-13,16,23H,10-11,14H2,1-2H3. The Morgan fingerprint density at radius 3 is 2.52 bits per heavy atom. The van der Waals surface area contributed by atoms with Crippen LogP contribution in [0.5, 0.6) is 0 Å². The van der Waals surface area contributed by atoms with Gasteiger partial charge in [0.15, 0.2) is 0 Å². The highest BCUT2D eigenvalue weighted by Crippen LogP contribution is 2.20. The lowest BCUT2D eigenvalue weighted by Crippen LogP contribution is -2.55. The largest absolute Gasteiger partial charge is 0.351 e. The Morgan fingerprint density at radius 1 is 1.00 bits per heavy atom. The van der Waals surface area contributed by atoms with Gasteiger partial charge in [0.1, 0.15) is 5.69 Å². The van der Waals surface area contributed by atoms with E-state index >= 15 is 0 Å². The maximum atomic E-state index is 12.9. The van der Waals surface area contributed by atoms with Crippen molar-refractivity contribution < 1.29 is 9.59 Å². The molecule has 1 aliphatic heterocycles. The van der Waals surface area contributed by atoms with E-state index in [4.69, 9.17) is 0 Å². The number of H-pyrrole nitrogens is 1. The highest BCUT2D eigenvalue weighted by atomic mass is 16.2. The summed E-state index contributed by atoms with van der Waals surface area (Å²) in [6.07, 6.45) is 0. The van der Waals surface area contributed by atoms with Gasteiger partial charge in [0, 0.05) is 42.1 Å². The van der Waals surface area contributed by atoms with Crippen LogP contribution in [0.1, 0.15) is 33.3 Å². The highest BCUT2D eigenvalue weighted by Gasteiger charge is 2.31. The summed E-state index contributed by atoms with van der Waals surface area (Å²) in [5.41, 5.74) is 3.43. The smallest absolute Gasteiger partial charge is 0.270 e. The third-order valence-corrected chi connectivity index (χ3v) is 5.20. The number of amides is 2. The van der Waals surface area contributed by atoms with Gasteiger partial charge in [-0.2, -0.15) is 0 Å². The Kier molecular flexibility index (Phi) is 4.44. The summed E-state index contributed by atoms with van der Waals surface area (Å²) in [5, 5.41) is 1.05. The Balaban J connectivity index is 1.48. The molecule has 1 fully saturated rings. The average molecular weight is 361 g/mol. The molecular weight excluding hydrogens is 338 g/mol. The molecule has 0 bridgehead atoms. The van der Waals surface area contributed by atoms with Gasteiger partial charge >= 0.3 is 0 Å². The Morgan fingerprint density at radius 2 is 1.78 bits per heavy atom. The maximum absolute atomic E-state index is 12.9. The van der Waals surface area contributed by atoms with E-state index in [0.717, 1.165) is 10.9 Å². The van der Waals surface area contributed by atoms with Crippen LogP contribution < -0.4 is 0 Å². The first-order chi connectivity index (χ1) is 13.0. The van der Waals surface area contributed by atoms with Crippen molar-refractivity contribution in [2.45, 2.75) is 19.9 Å². The molecule has 27 heavy (non-hydrogen) atoms. The second-order valence-corrected chi connectivity index (χ2v) is 7.24. The van der Waals surface area contributed by atoms with E-state index < -0.39 is 0 Å². The number of carbonyl (C=O) groups excluding carboxylic acids is 2. The van der Waals surface area contributed by atoms with Crippen molar-refractivity contribution in [3.8, 4) is 0 Å². The second kappa shape index (κ2) is 6.91. The van der Waals surface area contributed by atoms with Crippen LogP contribution in [0.2, 0.25) is 0 Å². The zero-order chi connectivity index (χ0) is 19.0. The first kappa shape index (κ1) is 17.3. The molecule has 2 amide bonds. The van der Waals surface area contributed by atoms with Gasteiger partial charge < -0.3 is 14.8 Å². The Labute approximate surface area is 158 Å². The van der Waals surface area contributed by atoms with E-state index in [1.807, 2.05) is 72.2 Å². The molecule has 0 spiro atoms. The lowest BCUT2D eigenvalue weighted by molar-refractivity contribution is 0.0412. The minimum absolute atomic E-state index is 0.0116. The number of fused-ring (bicyclic) bond motifs is 1. The minimum Gasteiger partial charge on any atom is -0.351 e. The normalized spacial score (nSPS) is 17.3. The molecular formula is C22H23N3O2. The molecule has 5 nitrogen and oxygen atoms in total. The van der Waals surface area contributed by atoms with Gasteiger partial charge in [-0.25, -0.2) is 0 Å². The molecule has 5 heteroatoms. The van der Waals surface area contributed by atoms with Crippen molar-refractivity contribution in [2.75, 3.05) is 19.6 Å². The van der Waals surface area contributed by atoms with E-state index in [1.165, 1.54) is 5.56 Å². The lowest BCUT2D eigenvalue weighted by atomic mass is 10.1. The molecule has 3 aromatic rings. The van der Waals surface area contributed by atoms with Crippen molar-refractivity contribution in [3.63, 3.8) is 0 Å². The number of nitrogens with zero attached hydrogens (tertiary/aromatic N) is 2. The van der Waals surface area contributed by atoms with Crippen molar-refractivity contribution in [1.82, 2.24) is 14.8 Å². The third kappa shape index (κ3) is 3.33. The topological polar surface area (TPSA) is 56.4 Å². The molecule has 4 rings (SSSR count). The zero-order valence-corrected chi connectivity index (χ0v) is 15.6. The number of piperazine rings is 1. The van der Waals surface area contributed by atoms with Gasteiger partial charge in [0.25, 0.3) is 11.8 Å². The van der Waals surface area contributed by atoms with Crippen LogP contribution >= 0.6 is 0 Å². The number of aromatic amines is 1. The molecule has 1 aliphatic rings. The van der Waals surface area contributed by atoms with Gasteiger partial charge in [-0.05, 0) is 44.2 Å². The summed E-state index contributed by atoms with van der Waals surface area (Å²) in [7, 11) is 0. The predicted molar refractivity (Wildman–Crippen MR) is 106 cm³/mol. The molecule has 0 saturated carbocycles. The highest BCUT2D eigenvalue weighted by molar-refractivity contribution is 5.98. The van der Waals surface area contributed by atoms with E-state index in [1.54, 1.807) is 0 Å². The molecule has 138 valence electrons. The molecule has 1 saturated heterocycles. The summed E-state index contributed by atoms with van der Waals surface area (Å²) in [6.45, 7) is 5.65. The van der Waals surface area contributed by atoms with E-state index in [0.29, 0.717) is 30.9 Å². The number of aromatic nitrogens is 1. The molecule has 2 heterocycles. The Bertz CT molecular complexity index is 993. The van der Waals surface area contributed by atoms with Crippen LogP contribution in [-0.4, -0.2) is 52.3 Å². The summed E-state index contributed by atoms with van der Waals surface area (Å²) >= 11 is 0. The maximum Gasteiger partial charge on any atom is 0.270 e. The van der Waals surface area contributed by atoms with Crippen LogP contribution in [-0.2, 0) is 0 Å². The molecule has 1 atom stereocenters. The fourth-order valence-corrected chi connectivity index (χ4v) is 3.73. The second-order valence-electron chi connectivity index (χ2n) is 7.24. The fraction of sp³-hybridized carbons (Fsp3) is 0.273. The van der Waals surface area contributed by atoms with Gasteiger partial charge in [0.2, 0.25) is 0 Å². The van der Waals surface area contributed by atoms with Crippen LogP contribution in [0.15, 0.2) is 54.6 Å². The van der Waals surface area contributed by atoms with Gasteiger partial charge in [0.05, 0.1) is 0 Å². The third-order valence-electron chi connectivity index (χ3n) is 5.20. The number of hydrogen-bond acceptors (Lipinski definition) is 2. The molecule has 0 radical (unpaired) electrons. The minimum atomic E-state index is -0.0259. The molecule has 1 N–H and O–H groups in total. The molecule has 1 unspecified atom stereocenters. The SMILES string of the molecule is Cc1ccc2[nH]c(C(=O)N3CCN(C(=O)c4ccccc4)C(C)C3)cc2c1. The molecule has 0 aliphatic carbocycles. The number of rotatable bonds is 2. The molecule has 1 aromatic heterocycles. The lowest BCUT2D eigenvalue weighted by Gasteiger charge is -2.39. The number of nitrogens with one attached hydrogen (secondary N) is 1. The first-order valence-corrected chi connectivity index (χ1v) is 9.27. The van der Waals surface area contributed by atoms with E-state index in [-0.39, 0.29) is 17.9 Å². The summed E-state index contributed by atoms with van der Waals surface area (Å²) in [5.74, 6) is 0.0128. The van der Waals surface area contributed by atoms with Crippen LogP contribution in [0.3, 0.4) is 0 Å². The zero-order valence-electron chi connectivity index (χ0n) is 15.6. The van der Waals surface area contributed by atoms with Gasteiger partial charge in [-0.3, -0.25) is 9.59 Å². The van der Waals surface area contributed by atoms with E-state index in [9.17, 15) is 9.59 Å². The van der Waals surface area contributed by atoms with Crippen molar-refractivity contribution in [2.24, 2.45) is 0 Å². The van der Waals surface area contributed by atoms with Crippen molar-refractivity contribution in [3.05, 3.63) is 71.4 Å². The van der Waals surface area contributed by atoms with Crippen molar-refractivity contribution >= 4 is 22.7 Å². The number of benzene rings is 2. The number of carbonyl (C=O) groups is 2. The van der Waals surface area contributed by atoms with Gasteiger partial charge in [-0.1, -0.05) is 29.8 Å². The van der Waals surface area contributed by atoms with Crippen LogP contribution in [0.4, 0.5) is 0 Å². The summed E-state index contributed by atoms with van der Waals surface area (Å²) in [4.78, 5) is 32.6. The average Bonchev–Trinajstić information content (AvgIpc) is 3.10. The van der Waals surface area contributed by atoms with E-state index in [2.05, 4.69) is 11.1 Å². The summed E-state index contributed by atoms with van der Waals surface area (Å²) < 4.78 is 0. The quantitative estimate of drug-likeness (QED) is 0.760. The first-order valence-electron chi connectivity index (χ1n) is 9.27. The monoisotopic (exact) mass is 361 g/mol. The number of hydrogen-bond donors (Lipinski definition) is 1. The van der Waals surface area contributed by atoms with Crippen LogP contribution in [0, 0.1) is 6.92 Å². The fourth-order valence-electron chi connectivity index (χ4n) is 3.73. The Hall–Kier alpha value is -3.08. The summed E-state index contributed by atoms with van der Waals surface area (Å²) in [6, 6.07) is 17.3. The van der Waals surface area contributed by atoms with Crippen molar-refractivity contribution in [1.29, 1.82) is 0 Å². The molecule has 2 aromatic carbocycles. The predicted octanol–water partition coefficient (Wildman–Crippen LogP) is 3.46. The van der Waals surface area contributed by atoms with Crippen LogP contribution in [0.25, 0.3) is 10.9 Å². The van der Waals surface area contributed by atoms with Gasteiger partial charge in [-0.15, -0.1) is 0 Å².